The van der Waals surface area contributed by atoms with Crippen molar-refractivity contribution in [2.24, 2.45) is 0 Å². The van der Waals surface area contributed by atoms with Gasteiger partial charge in [-0.15, -0.1) is 0 Å². The Bertz CT molecular complexity index is 773. The number of rotatable bonds is 5. The third kappa shape index (κ3) is 3.22. The van der Waals surface area contributed by atoms with Crippen molar-refractivity contribution >= 4 is 23.1 Å². The van der Waals surface area contributed by atoms with Gasteiger partial charge in [0.2, 0.25) is 0 Å². The van der Waals surface area contributed by atoms with Crippen molar-refractivity contribution in [3.63, 3.8) is 0 Å². The van der Waals surface area contributed by atoms with Gasteiger partial charge in [-0.2, -0.15) is 0 Å². The monoisotopic (exact) mass is 354 g/mol. The second kappa shape index (κ2) is 7.42. The van der Waals surface area contributed by atoms with Crippen molar-refractivity contribution in [1.29, 1.82) is 0 Å². The minimum absolute atomic E-state index is 0.736. The largest absolute Gasteiger partial charge is 0.383 e. The average molecular weight is 354 g/mol. The minimum Gasteiger partial charge on any atom is -0.383 e. The molecule has 0 spiro atoms. The van der Waals surface area contributed by atoms with Crippen molar-refractivity contribution in [2.75, 3.05) is 0 Å². The summed E-state index contributed by atoms with van der Waals surface area (Å²) in [6.45, 7) is 0. The van der Waals surface area contributed by atoms with E-state index < -0.39 is 17.7 Å². The van der Waals surface area contributed by atoms with Gasteiger partial charge in [-0.25, -0.2) is 0 Å². The molecule has 2 atom stereocenters. The average Bonchev–Trinajstić information content (AvgIpc) is 2.68. The van der Waals surface area contributed by atoms with Gasteiger partial charge in [0.1, 0.15) is 11.7 Å². The maximum atomic E-state index is 11.1. The molecular weight excluding hydrogens is 335 g/mol. The van der Waals surface area contributed by atoms with Crippen LogP contribution in [0.4, 0.5) is 0 Å². The second-order valence-electron chi connectivity index (χ2n) is 5.61. The molecule has 0 aliphatic heterocycles. The van der Waals surface area contributed by atoms with Gasteiger partial charge < -0.3 is 10.2 Å². The third-order valence-electron chi connectivity index (χ3n) is 4.08. The molecule has 0 fully saturated rings. The summed E-state index contributed by atoms with van der Waals surface area (Å²) in [6.07, 6.45) is 0. The van der Waals surface area contributed by atoms with E-state index in [1.54, 1.807) is 0 Å². The highest BCUT2D eigenvalue weighted by atomic mass is 32.4. The van der Waals surface area contributed by atoms with Crippen LogP contribution >= 0.6 is 6.04 Å². The number of hydrogen-bond acceptors (Lipinski definition) is 3. The maximum absolute atomic E-state index is 11.1. The van der Waals surface area contributed by atoms with E-state index in [1.807, 2.05) is 91.0 Å². The van der Waals surface area contributed by atoms with Crippen LogP contribution < -0.4 is 5.30 Å². The Balaban J connectivity index is 2.13. The zero-order valence-electron chi connectivity index (χ0n) is 13.1. The summed E-state index contributed by atoms with van der Waals surface area (Å²) in [5.41, 5.74) is 1.47. The first kappa shape index (κ1) is 17.1. The first-order valence-corrected chi connectivity index (χ1v) is 10.7. The van der Waals surface area contributed by atoms with E-state index in [-0.39, 0.29) is 0 Å². The SMILES string of the molecule is OC(c1ccccc1)P(=S)(c1ccccc1)C(O)c1ccccc1. The van der Waals surface area contributed by atoms with Gasteiger partial charge in [0.25, 0.3) is 0 Å². The molecular formula is C20H19O2PS. The van der Waals surface area contributed by atoms with Gasteiger partial charge in [0.15, 0.2) is 0 Å². The lowest BCUT2D eigenvalue weighted by atomic mass is 10.2. The molecule has 0 radical (unpaired) electrons. The van der Waals surface area contributed by atoms with Crippen LogP contribution in [0.2, 0.25) is 0 Å². The summed E-state index contributed by atoms with van der Waals surface area (Å²) in [6, 6.07) is 25.5. The molecule has 2 N–H and O–H groups in total. The Labute approximate surface area is 147 Å². The summed E-state index contributed by atoms with van der Waals surface area (Å²) < 4.78 is 0. The Kier molecular flexibility index (Phi) is 5.27. The standard InChI is InChI=1S/C20H19O2PS/c21-19(16-10-4-1-5-11-16)23(24,18-14-8-3-9-15-18)20(22)17-12-6-2-7-13-17/h1-15,19-22H. The summed E-state index contributed by atoms with van der Waals surface area (Å²) in [7, 11) is 0. The lowest BCUT2D eigenvalue weighted by molar-refractivity contribution is 0.230. The van der Waals surface area contributed by atoms with Crippen LogP contribution in [-0.2, 0) is 11.8 Å². The molecule has 0 saturated heterocycles. The molecule has 3 aromatic carbocycles. The highest BCUT2D eigenvalue weighted by Gasteiger charge is 2.37. The fraction of sp³-hybridized carbons (Fsp3) is 0.100. The summed E-state index contributed by atoms with van der Waals surface area (Å²) in [5, 5.41) is 23.0. The molecule has 24 heavy (non-hydrogen) atoms. The lowest BCUT2D eigenvalue weighted by Gasteiger charge is -2.33. The van der Waals surface area contributed by atoms with E-state index >= 15 is 0 Å². The lowest BCUT2D eigenvalue weighted by Crippen LogP contribution is -2.17. The van der Waals surface area contributed by atoms with Crippen molar-refractivity contribution in [3.05, 3.63) is 102 Å². The molecule has 0 aliphatic rings. The van der Waals surface area contributed by atoms with Gasteiger partial charge in [0.05, 0.1) is 0 Å². The predicted octanol–water partition coefficient (Wildman–Crippen LogP) is 4.17. The van der Waals surface area contributed by atoms with Crippen LogP contribution in [0.15, 0.2) is 91.0 Å². The number of benzene rings is 3. The Hall–Kier alpha value is -1.77. The van der Waals surface area contributed by atoms with Crippen LogP contribution in [0, 0.1) is 0 Å². The van der Waals surface area contributed by atoms with E-state index in [0.29, 0.717) is 0 Å². The van der Waals surface area contributed by atoms with Gasteiger partial charge in [-0.1, -0.05) is 103 Å². The first-order chi connectivity index (χ1) is 11.6. The van der Waals surface area contributed by atoms with Gasteiger partial charge in [-0.05, 0) is 16.4 Å². The molecule has 122 valence electrons. The second-order valence-corrected chi connectivity index (χ2v) is 10.3. The topological polar surface area (TPSA) is 40.5 Å². The minimum atomic E-state index is -2.75. The molecule has 3 rings (SSSR count). The molecule has 0 aromatic heterocycles. The van der Waals surface area contributed by atoms with Crippen molar-refractivity contribution in [2.45, 2.75) is 11.7 Å². The molecule has 2 nitrogen and oxygen atoms in total. The molecule has 0 bridgehead atoms. The van der Waals surface area contributed by atoms with E-state index in [0.717, 1.165) is 16.4 Å². The molecule has 0 heterocycles. The third-order valence-corrected chi connectivity index (χ3v) is 9.07. The highest BCUT2D eigenvalue weighted by Crippen LogP contribution is 2.65. The molecule has 0 saturated carbocycles. The van der Waals surface area contributed by atoms with E-state index in [2.05, 4.69) is 0 Å². The normalized spacial score (nSPS) is 16.1. The fourth-order valence-electron chi connectivity index (χ4n) is 2.77. The Morgan fingerprint density at radius 1 is 0.583 bits per heavy atom. The summed E-state index contributed by atoms with van der Waals surface area (Å²) in [5.74, 6) is -1.82. The number of hydrogen-bond donors (Lipinski definition) is 2. The first-order valence-electron chi connectivity index (χ1n) is 7.75. The molecule has 3 aromatic rings. The Morgan fingerprint density at radius 3 is 1.29 bits per heavy atom. The van der Waals surface area contributed by atoms with Crippen molar-refractivity contribution in [1.82, 2.24) is 0 Å². The quantitative estimate of drug-likeness (QED) is 0.676. The van der Waals surface area contributed by atoms with Crippen LogP contribution in [0.1, 0.15) is 22.8 Å². The van der Waals surface area contributed by atoms with Crippen LogP contribution in [0.25, 0.3) is 0 Å². The van der Waals surface area contributed by atoms with Gasteiger partial charge >= 0.3 is 0 Å². The maximum Gasteiger partial charge on any atom is 0.114 e. The number of aliphatic hydroxyl groups excluding tert-OH is 2. The molecule has 0 amide bonds. The number of aliphatic hydroxyl groups is 2. The van der Waals surface area contributed by atoms with Gasteiger partial charge in [-0.3, -0.25) is 0 Å². The van der Waals surface area contributed by atoms with Crippen LogP contribution in [0.3, 0.4) is 0 Å². The Morgan fingerprint density at radius 2 is 0.917 bits per heavy atom. The highest BCUT2D eigenvalue weighted by molar-refractivity contribution is 8.18. The van der Waals surface area contributed by atoms with Crippen molar-refractivity contribution < 1.29 is 10.2 Å². The summed E-state index contributed by atoms with van der Waals surface area (Å²) >= 11 is 5.99. The van der Waals surface area contributed by atoms with Gasteiger partial charge in [0, 0.05) is 6.04 Å². The zero-order valence-corrected chi connectivity index (χ0v) is 14.8. The van der Waals surface area contributed by atoms with E-state index in [1.165, 1.54) is 0 Å². The summed E-state index contributed by atoms with van der Waals surface area (Å²) in [4.78, 5) is 0. The molecule has 2 unspecified atom stereocenters. The van der Waals surface area contributed by atoms with E-state index in [4.69, 9.17) is 11.8 Å². The zero-order chi connectivity index (χ0) is 17.0. The van der Waals surface area contributed by atoms with Crippen molar-refractivity contribution in [3.8, 4) is 0 Å². The fourth-order valence-corrected chi connectivity index (χ4v) is 6.57. The molecule has 4 heteroatoms. The van der Waals surface area contributed by atoms with Crippen LogP contribution in [-0.4, -0.2) is 10.2 Å². The van der Waals surface area contributed by atoms with Crippen LogP contribution in [0.5, 0.6) is 0 Å². The van der Waals surface area contributed by atoms with E-state index in [9.17, 15) is 10.2 Å². The molecule has 0 aliphatic carbocycles. The predicted molar refractivity (Wildman–Crippen MR) is 103 cm³/mol. The smallest absolute Gasteiger partial charge is 0.114 e.